The van der Waals surface area contributed by atoms with Crippen LogP contribution in [0.3, 0.4) is 0 Å². The zero-order valence-corrected chi connectivity index (χ0v) is 17.5. The number of rotatable bonds is 5. The third-order valence-electron chi connectivity index (χ3n) is 4.52. The van der Waals surface area contributed by atoms with E-state index in [1.165, 1.54) is 23.5 Å². The van der Waals surface area contributed by atoms with Crippen molar-refractivity contribution in [2.45, 2.75) is 20.0 Å². The molecule has 0 aliphatic carbocycles. The molecule has 0 radical (unpaired) electrons. The number of fused-ring (bicyclic) bond motifs is 1. The lowest BCUT2D eigenvalue weighted by Gasteiger charge is -2.22. The van der Waals surface area contributed by atoms with E-state index in [1.807, 2.05) is 45.0 Å². The first-order chi connectivity index (χ1) is 13.6. The van der Waals surface area contributed by atoms with Crippen LogP contribution in [0.5, 0.6) is 0 Å². The van der Waals surface area contributed by atoms with Gasteiger partial charge in [-0.25, -0.2) is 4.98 Å². The fraction of sp³-hybridized carbons (Fsp3) is 0.333. The lowest BCUT2D eigenvalue weighted by atomic mass is 10.1. The molecule has 154 valence electrons. The molecule has 0 fully saturated rings. The number of hydrogen-bond acceptors (Lipinski definition) is 4. The van der Waals surface area contributed by atoms with Crippen molar-refractivity contribution in [2.75, 3.05) is 32.1 Å². The topological polar surface area (TPSA) is 36.4 Å². The molecule has 1 aromatic heterocycles. The molecule has 8 heteroatoms. The van der Waals surface area contributed by atoms with Gasteiger partial charge in [-0.2, -0.15) is 13.2 Å². The molecule has 0 unspecified atom stereocenters. The van der Waals surface area contributed by atoms with Gasteiger partial charge in [-0.1, -0.05) is 17.4 Å². The molecular weight excluding hydrogens is 399 g/mol. The van der Waals surface area contributed by atoms with E-state index in [2.05, 4.69) is 4.98 Å². The van der Waals surface area contributed by atoms with Crippen LogP contribution in [0, 0.1) is 13.8 Å². The zero-order valence-electron chi connectivity index (χ0n) is 16.7. The number of carbonyl (C=O) groups excluding carboxylic acids is 1. The lowest BCUT2D eigenvalue weighted by molar-refractivity contribution is -0.137. The highest BCUT2D eigenvalue weighted by Crippen LogP contribution is 2.33. The summed E-state index contributed by atoms with van der Waals surface area (Å²) in [6, 6.07) is 8.36. The first kappa shape index (κ1) is 21.3. The number of thiazole rings is 1. The lowest BCUT2D eigenvalue weighted by Crippen LogP contribution is -2.36. The number of anilines is 1. The second kappa shape index (κ2) is 8.12. The second-order valence-corrected chi connectivity index (χ2v) is 8.27. The van der Waals surface area contributed by atoms with Gasteiger partial charge in [-0.3, -0.25) is 9.69 Å². The quantitative estimate of drug-likeness (QED) is 0.572. The van der Waals surface area contributed by atoms with Crippen molar-refractivity contribution in [3.05, 3.63) is 58.7 Å². The molecule has 2 aromatic carbocycles. The van der Waals surface area contributed by atoms with Crippen molar-refractivity contribution < 1.29 is 18.0 Å². The minimum Gasteiger partial charge on any atom is -0.308 e. The van der Waals surface area contributed by atoms with Gasteiger partial charge in [0.05, 0.1) is 15.8 Å². The van der Waals surface area contributed by atoms with Crippen molar-refractivity contribution in [3.63, 3.8) is 0 Å². The number of benzene rings is 2. The van der Waals surface area contributed by atoms with Gasteiger partial charge >= 0.3 is 6.18 Å². The summed E-state index contributed by atoms with van der Waals surface area (Å²) in [7, 11) is 3.79. The Morgan fingerprint density at radius 3 is 2.31 bits per heavy atom. The van der Waals surface area contributed by atoms with Gasteiger partial charge in [-0.05, 0) is 69.4 Å². The molecule has 0 spiro atoms. The van der Waals surface area contributed by atoms with E-state index in [0.29, 0.717) is 18.2 Å². The van der Waals surface area contributed by atoms with Crippen LogP contribution in [-0.4, -0.2) is 43.0 Å². The van der Waals surface area contributed by atoms with Crippen LogP contribution in [0.2, 0.25) is 0 Å². The maximum Gasteiger partial charge on any atom is 0.416 e. The molecule has 0 aliphatic rings. The van der Waals surface area contributed by atoms with Gasteiger partial charge in [0.25, 0.3) is 5.91 Å². The summed E-state index contributed by atoms with van der Waals surface area (Å²) in [5, 5.41) is 0.542. The van der Waals surface area contributed by atoms with Gasteiger partial charge in [0.1, 0.15) is 0 Å². The summed E-state index contributed by atoms with van der Waals surface area (Å²) in [6.07, 6.45) is -4.44. The molecule has 29 heavy (non-hydrogen) atoms. The smallest absolute Gasteiger partial charge is 0.308 e. The molecule has 0 aliphatic heterocycles. The number of aromatic nitrogens is 1. The van der Waals surface area contributed by atoms with Crippen LogP contribution in [0.15, 0.2) is 36.4 Å². The van der Waals surface area contributed by atoms with Crippen molar-refractivity contribution in [3.8, 4) is 0 Å². The molecule has 0 N–H and O–H groups in total. The molecule has 0 saturated carbocycles. The van der Waals surface area contributed by atoms with E-state index >= 15 is 0 Å². The Morgan fingerprint density at radius 1 is 1.07 bits per heavy atom. The van der Waals surface area contributed by atoms with E-state index in [1.54, 1.807) is 4.90 Å². The minimum absolute atomic E-state index is 0.198. The highest BCUT2D eigenvalue weighted by atomic mass is 32.1. The third kappa shape index (κ3) is 4.76. The molecule has 0 atom stereocenters. The van der Waals surface area contributed by atoms with E-state index in [0.717, 1.165) is 33.5 Å². The average Bonchev–Trinajstić information content (AvgIpc) is 3.05. The minimum atomic E-state index is -4.44. The number of aryl methyl sites for hydroxylation is 2. The standard InChI is InChI=1S/C21H22F3N3OS/c1-13-11-14(2)18-17(12-13)29-20(25-18)27(10-9-26(3)4)19(28)15-5-7-16(8-6-15)21(22,23)24/h5-8,11-12H,9-10H2,1-4H3. The summed E-state index contributed by atoms with van der Waals surface area (Å²) in [5.74, 6) is -0.367. The number of likely N-dealkylation sites (N-methyl/N-ethyl adjacent to an activating group) is 1. The Kier molecular flexibility index (Phi) is 5.95. The molecule has 3 aromatic rings. The predicted molar refractivity (Wildman–Crippen MR) is 111 cm³/mol. The Hall–Kier alpha value is -2.45. The largest absolute Gasteiger partial charge is 0.416 e. The van der Waals surface area contributed by atoms with Crippen LogP contribution in [-0.2, 0) is 6.18 Å². The molecule has 4 nitrogen and oxygen atoms in total. The summed E-state index contributed by atoms with van der Waals surface area (Å²) in [4.78, 5) is 21.3. The van der Waals surface area contributed by atoms with Crippen LogP contribution in [0.1, 0.15) is 27.0 Å². The number of alkyl halides is 3. The van der Waals surface area contributed by atoms with Gasteiger partial charge in [0.15, 0.2) is 5.13 Å². The molecule has 3 rings (SSSR count). The number of nitrogens with zero attached hydrogens (tertiary/aromatic N) is 3. The SMILES string of the molecule is Cc1cc(C)c2nc(N(CCN(C)C)C(=O)c3ccc(C(F)(F)F)cc3)sc2c1. The first-order valence-electron chi connectivity index (χ1n) is 9.08. The van der Waals surface area contributed by atoms with E-state index in [9.17, 15) is 18.0 Å². The summed E-state index contributed by atoms with van der Waals surface area (Å²) in [5.41, 5.74) is 2.39. The molecular formula is C21H22F3N3OS. The normalized spacial score (nSPS) is 12.0. The Balaban J connectivity index is 1.98. The third-order valence-corrected chi connectivity index (χ3v) is 5.55. The van der Waals surface area contributed by atoms with Crippen molar-refractivity contribution in [1.29, 1.82) is 0 Å². The van der Waals surface area contributed by atoms with Crippen LogP contribution < -0.4 is 4.90 Å². The van der Waals surface area contributed by atoms with E-state index in [4.69, 9.17) is 0 Å². The van der Waals surface area contributed by atoms with Gasteiger partial charge < -0.3 is 4.90 Å². The van der Waals surface area contributed by atoms with Crippen LogP contribution in [0.25, 0.3) is 10.2 Å². The Morgan fingerprint density at radius 2 is 1.72 bits per heavy atom. The fourth-order valence-electron chi connectivity index (χ4n) is 3.02. The van der Waals surface area contributed by atoms with Gasteiger partial charge in [-0.15, -0.1) is 0 Å². The van der Waals surface area contributed by atoms with E-state index < -0.39 is 11.7 Å². The number of carbonyl (C=O) groups is 1. The number of halogens is 3. The number of amides is 1. The second-order valence-electron chi connectivity index (χ2n) is 7.26. The Labute approximate surface area is 171 Å². The van der Waals surface area contributed by atoms with Crippen LogP contribution >= 0.6 is 11.3 Å². The predicted octanol–water partition coefficient (Wildman–Crippen LogP) is 5.14. The summed E-state index contributed by atoms with van der Waals surface area (Å²) >= 11 is 1.41. The van der Waals surface area contributed by atoms with Crippen molar-refractivity contribution in [1.82, 2.24) is 9.88 Å². The fourth-order valence-corrected chi connectivity index (χ4v) is 4.18. The highest BCUT2D eigenvalue weighted by molar-refractivity contribution is 7.22. The Bertz CT molecular complexity index is 1030. The average molecular weight is 421 g/mol. The molecule has 1 heterocycles. The maximum atomic E-state index is 13.1. The molecule has 0 saturated heterocycles. The van der Waals surface area contributed by atoms with Gasteiger partial charge in [0.2, 0.25) is 0 Å². The summed E-state index contributed by atoms with van der Waals surface area (Å²) in [6.45, 7) is 4.95. The van der Waals surface area contributed by atoms with Crippen molar-refractivity contribution in [2.24, 2.45) is 0 Å². The first-order valence-corrected chi connectivity index (χ1v) is 9.89. The number of hydrogen-bond donors (Lipinski definition) is 0. The molecule has 0 bridgehead atoms. The zero-order chi connectivity index (χ0) is 21.3. The monoisotopic (exact) mass is 421 g/mol. The van der Waals surface area contributed by atoms with Crippen LogP contribution in [0.4, 0.5) is 18.3 Å². The van der Waals surface area contributed by atoms with Gasteiger partial charge in [0, 0.05) is 18.7 Å². The van der Waals surface area contributed by atoms with E-state index in [-0.39, 0.29) is 11.5 Å². The maximum absolute atomic E-state index is 13.1. The molecule has 1 amide bonds. The highest BCUT2D eigenvalue weighted by Gasteiger charge is 2.30. The van der Waals surface area contributed by atoms with Crippen molar-refractivity contribution >= 4 is 32.6 Å². The summed E-state index contributed by atoms with van der Waals surface area (Å²) < 4.78 is 39.5.